The molecule has 0 aliphatic carbocycles. The van der Waals surface area contributed by atoms with Crippen LogP contribution < -0.4 is 0 Å². The lowest BCUT2D eigenvalue weighted by molar-refractivity contribution is 0.155. The van der Waals surface area contributed by atoms with Crippen molar-refractivity contribution in [1.29, 1.82) is 0 Å². The van der Waals surface area contributed by atoms with E-state index in [0.717, 1.165) is 31.4 Å². The van der Waals surface area contributed by atoms with Crippen molar-refractivity contribution in [3.05, 3.63) is 42.5 Å². The van der Waals surface area contributed by atoms with Crippen LogP contribution >= 0.6 is 0 Å². The molecule has 0 amide bonds. The third kappa shape index (κ3) is 11.2. The number of benzene rings is 1. The minimum Gasteiger partial charge on any atom is -0.396 e. The molecule has 0 spiro atoms. The quantitative estimate of drug-likeness (QED) is 0.437. The molecular formula is C15H24O5S. The lowest BCUT2D eigenvalue weighted by atomic mass is 10.2. The zero-order valence-electron chi connectivity index (χ0n) is 12.4. The summed E-state index contributed by atoms with van der Waals surface area (Å²) in [7, 11) is -4.02. The Kier molecular flexibility index (Phi) is 10.8. The minimum atomic E-state index is -4.02. The van der Waals surface area contributed by atoms with Crippen LogP contribution in [0.5, 0.6) is 0 Å². The summed E-state index contributed by atoms with van der Waals surface area (Å²) in [6, 6.07) is 5.99. The van der Waals surface area contributed by atoms with Gasteiger partial charge < -0.3 is 9.84 Å². The zero-order valence-corrected chi connectivity index (χ0v) is 13.2. The summed E-state index contributed by atoms with van der Waals surface area (Å²) in [6.45, 7) is 7.09. The SMILES string of the molecule is C=CCOCCCCCO.Cc1ccc(S(=O)(=O)O)cc1. The lowest BCUT2D eigenvalue weighted by Gasteiger charge is -1.98. The maximum absolute atomic E-state index is 10.5. The molecule has 6 heteroatoms. The molecule has 0 aliphatic heterocycles. The smallest absolute Gasteiger partial charge is 0.294 e. The molecule has 0 unspecified atom stereocenters. The summed E-state index contributed by atoms with van der Waals surface area (Å²) in [5.74, 6) is 0. The predicted octanol–water partition coefficient (Wildman–Crippen LogP) is 2.59. The summed E-state index contributed by atoms with van der Waals surface area (Å²) in [5.41, 5.74) is 0.956. The van der Waals surface area contributed by atoms with E-state index in [1.807, 2.05) is 6.92 Å². The first-order valence-corrected chi connectivity index (χ1v) is 8.19. The second-order valence-corrected chi connectivity index (χ2v) is 5.86. The predicted molar refractivity (Wildman–Crippen MR) is 82.9 cm³/mol. The zero-order chi connectivity index (χ0) is 16.1. The molecule has 21 heavy (non-hydrogen) atoms. The van der Waals surface area contributed by atoms with E-state index in [1.165, 1.54) is 12.1 Å². The van der Waals surface area contributed by atoms with Crippen molar-refractivity contribution < 1.29 is 22.8 Å². The molecule has 0 fully saturated rings. The summed E-state index contributed by atoms with van der Waals surface area (Å²) < 4.78 is 34.7. The maximum atomic E-state index is 10.5. The molecule has 0 aromatic heterocycles. The van der Waals surface area contributed by atoms with Gasteiger partial charge in [0.1, 0.15) is 0 Å². The molecule has 0 saturated carbocycles. The van der Waals surface area contributed by atoms with Gasteiger partial charge >= 0.3 is 0 Å². The summed E-state index contributed by atoms with van der Waals surface area (Å²) >= 11 is 0. The number of aliphatic hydroxyl groups excluding tert-OH is 1. The Morgan fingerprint density at radius 2 is 1.81 bits per heavy atom. The highest BCUT2D eigenvalue weighted by Gasteiger charge is 2.06. The van der Waals surface area contributed by atoms with Gasteiger partial charge in [-0.15, -0.1) is 6.58 Å². The van der Waals surface area contributed by atoms with Crippen LogP contribution in [-0.2, 0) is 14.9 Å². The van der Waals surface area contributed by atoms with Crippen LogP contribution in [0.4, 0.5) is 0 Å². The van der Waals surface area contributed by atoms with Gasteiger partial charge in [-0.25, -0.2) is 0 Å². The van der Waals surface area contributed by atoms with Crippen molar-refractivity contribution in [2.45, 2.75) is 31.1 Å². The molecule has 5 nitrogen and oxygen atoms in total. The Labute approximate surface area is 127 Å². The number of ether oxygens (including phenoxy) is 1. The molecule has 120 valence electrons. The first-order chi connectivity index (χ1) is 9.91. The monoisotopic (exact) mass is 316 g/mol. The fourth-order valence-corrected chi connectivity index (χ4v) is 1.85. The summed E-state index contributed by atoms with van der Waals surface area (Å²) in [5, 5.41) is 8.41. The first-order valence-electron chi connectivity index (χ1n) is 6.75. The molecule has 0 radical (unpaired) electrons. The third-order valence-electron chi connectivity index (χ3n) is 2.50. The minimum absolute atomic E-state index is 0.0666. The number of unbranched alkanes of at least 4 members (excludes halogenated alkanes) is 2. The average Bonchev–Trinajstić information content (AvgIpc) is 2.43. The molecule has 0 aliphatic rings. The number of aryl methyl sites for hydroxylation is 1. The third-order valence-corrected chi connectivity index (χ3v) is 3.37. The van der Waals surface area contributed by atoms with E-state index in [4.69, 9.17) is 14.4 Å². The molecule has 2 N–H and O–H groups in total. The normalized spacial score (nSPS) is 10.6. The van der Waals surface area contributed by atoms with Gasteiger partial charge in [-0.2, -0.15) is 8.42 Å². The molecule has 1 aromatic rings. The van der Waals surface area contributed by atoms with Crippen LogP contribution in [0.25, 0.3) is 0 Å². The van der Waals surface area contributed by atoms with E-state index >= 15 is 0 Å². The number of hydrogen-bond acceptors (Lipinski definition) is 4. The van der Waals surface area contributed by atoms with Gasteiger partial charge in [0.05, 0.1) is 11.5 Å². The van der Waals surface area contributed by atoms with E-state index in [-0.39, 0.29) is 4.90 Å². The van der Waals surface area contributed by atoms with Crippen LogP contribution in [0.3, 0.4) is 0 Å². The molecular weight excluding hydrogens is 292 g/mol. The first kappa shape index (κ1) is 19.8. The van der Waals surface area contributed by atoms with E-state index < -0.39 is 10.1 Å². The van der Waals surface area contributed by atoms with Crippen molar-refractivity contribution in [3.8, 4) is 0 Å². The van der Waals surface area contributed by atoms with Crippen molar-refractivity contribution in [1.82, 2.24) is 0 Å². The number of rotatable bonds is 8. The molecule has 1 rings (SSSR count). The van der Waals surface area contributed by atoms with Gasteiger partial charge in [0.2, 0.25) is 0 Å². The van der Waals surface area contributed by atoms with Crippen LogP contribution in [0, 0.1) is 6.92 Å². The van der Waals surface area contributed by atoms with Gasteiger partial charge in [-0.05, 0) is 38.3 Å². The molecule has 1 aromatic carbocycles. The van der Waals surface area contributed by atoms with Crippen LogP contribution in [0.2, 0.25) is 0 Å². The Morgan fingerprint density at radius 1 is 1.19 bits per heavy atom. The van der Waals surface area contributed by atoms with Crippen molar-refractivity contribution >= 4 is 10.1 Å². The van der Waals surface area contributed by atoms with Gasteiger partial charge in [-0.3, -0.25) is 4.55 Å². The highest BCUT2D eigenvalue weighted by Crippen LogP contribution is 2.08. The molecule has 0 saturated heterocycles. The van der Waals surface area contributed by atoms with Crippen molar-refractivity contribution in [2.24, 2.45) is 0 Å². The maximum Gasteiger partial charge on any atom is 0.294 e. The standard InChI is InChI=1S/C8H16O2.C7H8O3S/c1-2-7-10-8-5-3-4-6-9;1-6-2-4-7(5-3-6)11(8,9)10/h2,9H,1,3-8H2;2-5H,1H3,(H,8,9,10). The number of aliphatic hydroxyl groups is 1. The van der Waals surface area contributed by atoms with Gasteiger partial charge in [0.25, 0.3) is 10.1 Å². The van der Waals surface area contributed by atoms with E-state index in [1.54, 1.807) is 18.2 Å². The van der Waals surface area contributed by atoms with Gasteiger partial charge in [-0.1, -0.05) is 23.8 Å². The molecule has 0 heterocycles. The Hall–Kier alpha value is -1.21. The molecule has 0 bridgehead atoms. The number of hydrogen-bond donors (Lipinski definition) is 2. The fraction of sp³-hybridized carbons (Fsp3) is 0.467. The highest BCUT2D eigenvalue weighted by molar-refractivity contribution is 7.85. The van der Waals surface area contributed by atoms with Crippen LogP contribution in [-0.4, -0.2) is 37.9 Å². The Balaban J connectivity index is 0.000000384. The summed E-state index contributed by atoms with van der Waals surface area (Å²) in [4.78, 5) is -0.0666. The van der Waals surface area contributed by atoms with Crippen molar-refractivity contribution in [2.75, 3.05) is 19.8 Å². The topological polar surface area (TPSA) is 83.8 Å². The van der Waals surface area contributed by atoms with Crippen molar-refractivity contribution in [3.63, 3.8) is 0 Å². The van der Waals surface area contributed by atoms with E-state index in [0.29, 0.717) is 13.2 Å². The summed E-state index contributed by atoms with van der Waals surface area (Å²) in [6.07, 6.45) is 4.71. The average molecular weight is 316 g/mol. The van der Waals surface area contributed by atoms with Crippen LogP contribution in [0.15, 0.2) is 41.8 Å². The van der Waals surface area contributed by atoms with Gasteiger partial charge in [0, 0.05) is 13.2 Å². The largest absolute Gasteiger partial charge is 0.396 e. The fourth-order valence-electron chi connectivity index (χ4n) is 1.37. The Morgan fingerprint density at radius 3 is 2.29 bits per heavy atom. The van der Waals surface area contributed by atoms with E-state index in [2.05, 4.69) is 6.58 Å². The highest BCUT2D eigenvalue weighted by atomic mass is 32.2. The second kappa shape index (κ2) is 11.4. The second-order valence-electron chi connectivity index (χ2n) is 4.44. The molecule has 0 atom stereocenters. The van der Waals surface area contributed by atoms with Crippen LogP contribution in [0.1, 0.15) is 24.8 Å². The lowest BCUT2D eigenvalue weighted by Crippen LogP contribution is -1.96. The Bertz CT molecular complexity index is 479. The van der Waals surface area contributed by atoms with Gasteiger partial charge in [0.15, 0.2) is 0 Å². The van der Waals surface area contributed by atoms with E-state index in [9.17, 15) is 8.42 Å².